The van der Waals surface area contributed by atoms with E-state index in [4.69, 9.17) is 11.6 Å². The third kappa shape index (κ3) is 2.47. The summed E-state index contributed by atoms with van der Waals surface area (Å²) in [6.07, 6.45) is 8.66. The lowest BCUT2D eigenvalue weighted by molar-refractivity contribution is -0.129. The second-order valence-corrected chi connectivity index (χ2v) is 6.28. The molecule has 6 heteroatoms. The van der Waals surface area contributed by atoms with E-state index < -0.39 is 0 Å². The Morgan fingerprint density at radius 2 is 2.40 bits per heavy atom. The first kappa shape index (κ1) is 13.6. The second-order valence-electron chi connectivity index (χ2n) is 5.05. The predicted octanol–water partition coefficient (Wildman–Crippen LogP) is 3.46. The number of halogens is 1. The summed E-state index contributed by atoms with van der Waals surface area (Å²) in [4.78, 5) is 19.3. The van der Waals surface area contributed by atoms with Crippen LogP contribution in [0.4, 0.5) is 0 Å². The van der Waals surface area contributed by atoms with Gasteiger partial charge in [0.05, 0.1) is 5.69 Å². The van der Waals surface area contributed by atoms with E-state index >= 15 is 0 Å². The fraction of sp³-hybridized carbons (Fsp3) is 0.429. The number of aromatic nitrogens is 2. The van der Waals surface area contributed by atoms with Crippen LogP contribution in [0.3, 0.4) is 0 Å². The fourth-order valence-corrected chi connectivity index (χ4v) is 3.60. The van der Waals surface area contributed by atoms with Gasteiger partial charge in [0.1, 0.15) is 0 Å². The number of hydrogen-bond acceptors (Lipinski definition) is 3. The third-order valence-electron chi connectivity index (χ3n) is 3.72. The van der Waals surface area contributed by atoms with Gasteiger partial charge < -0.3 is 4.90 Å². The van der Waals surface area contributed by atoms with E-state index in [0.717, 1.165) is 30.0 Å². The highest BCUT2D eigenvalue weighted by atomic mass is 35.5. The molecule has 1 fully saturated rings. The van der Waals surface area contributed by atoms with Crippen LogP contribution in [-0.4, -0.2) is 32.8 Å². The third-order valence-corrected chi connectivity index (χ3v) is 4.76. The smallest absolute Gasteiger partial charge is 0.246 e. The molecule has 0 saturated carbocycles. The zero-order valence-corrected chi connectivity index (χ0v) is 12.8. The van der Waals surface area contributed by atoms with Gasteiger partial charge in [0.15, 0.2) is 10.1 Å². The molecule has 0 spiro atoms. The molecule has 20 heavy (non-hydrogen) atoms. The highest BCUT2D eigenvalue weighted by molar-refractivity contribution is 7.15. The average Bonchev–Trinajstić information content (AvgIpc) is 2.97. The Hall–Kier alpha value is -1.33. The first-order valence-corrected chi connectivity index (χ1v) is 8.02. The van der Waals surface area contributed by atoms with Crippen LogP contribution in [0.5, 0.6) is 0 Å². The summed E-state index contributed by atoms with van der Waals surface area (Å²) in [5.74, 6) is 0.0541. The molecule has 1 aliphatic rings. The van der Waals surface area contributed by atoms with Crippen LogP contribution in [0.15, 0.2) is 17.7 Å². The number of amides is 1. The summed E-state index contributed by atoms with van der Waals surface area (Å²) in [6.45, 7) is 2.95. The van der Waals surface area contributed by atoms with Gasteiger partial charge in [-0.25, -0.2) is 4.98 Å². The van der Waals surface area contributed by atoms with Gasteiger partial charge in [-0.3, -0.25) is 9.20 Å². The van der Waals surface area contributed by atoms with Crippen LogP contribution in [0.1, 0.15) is 31.9 Å². The van der Waals surface area contributed by atoms with E-state index in [0.29, 0.717) is 11.2 Å². The van der Waals surface area contributed by atoms with Crippen LogP contribution in [-0.2, 0) is 4.79 Å². The van der Waals surface area contributed by atoms with Gasteiger partial charge in [-0.05, 0) is 32.3 Å². The van der Waals surface area contributed by atoms with Crippen molar-refractivity contribution in [2.24, 2.45) is 0 Å². The molecule has 3 rings (SSSR count). The molecule has 1 unspecified atom stereocenters. The number of piperidine rings is 1. The van der Waals surface area contributed by atoms with Gasteiger partial charge in [-0.15, -0.1) is 11.3 Å². The first-order chi connectivity index (χ1) is 9.66. The molecule has 2 aromatic rings. The van der Waals surface area contributed by atoms with Gasteiger partial charge in [0.2, 0.25) is 5.91 Å². The molecule has 1 atom stereocenters. The standard InChI is InChI=1S/C14H16ClN3OS/c1-10-4-2-3-7-17(10)12(19)6-5-11-13(15)16-14-18(11)8-9-20-14/h5-6,8-10H,2-4,7H2,1H3/b6-5+. The summed E-state index contributed by atoms with van der Waals surface area (Å²) in [7, 11) is 0. The Morgan fingerprint density at radius 1 is 1.55 bits per heavy atom. The van der Waals surface area contributed by atoms with E-state index in [1.165, 1.54) is 17.8 Å². The quantitative estimate of drug-likeness (QED) is 0.797. The lowest BCUT2D eigenvalue weighted by atomic mass is 10.0. The molecule has 0 N–H and O–H groups in total. The van der Waals surface area contributed by atoms with Crippen LogP contribution >= 0.6 is 22.9 Å². The molecule has 1 amide bonds. The van der Waals surface area contributed by atoms with E-state index in [-0.39, 0.29) is 5.91 Å². The van der Waals surface area contributed by atoms with Crippen molar-refractivity contribution in [1.29, 1.82) is 0 Å². The van der Waals surface area contributed by atoms with Gasteiger partial charge in [-0.2, -0.15) is 0 Å². The number of hydrogen-bond donors (Lipinski definition) is 0. The van der Waals surface area contributed by atoms with Crippen molar-refractivity contribution in [2.75, 3.05) is 6.54 Å². The molecule has 106 valence electrons. The normalized spacial score (nSPS) is 20.1. The number of rotatable bonds is 2. The molecule has 0 aromatic carbocycles. The molecule has 0 radical (unpaired) electrons. The lowest BCUT2D eigenvalue weighted by Gasteiger charge is -2.32. The number of imidazole rings is 1. The summed E-state index contributed by atoms with van der Waals surface area (Å²) in [5.41, 5.74) is 0.765. The Bertz CT molecular complexity index is 660. The molecule has 2 aromatic heterocycles. The van der Waals surface area contributed by atoms with Crippen molar-refractivity contribution in [3.8, 4) is 0 Å². The number of carbonyl (C=O) groups excluding carboxylic acids is 1. The maximum Gasteiger partial charge on any atom is 0.246 e. The van der Waals surface area contributed by atoms with Crippen molar-refractivity contribution in [3.63, 3.8) is 0 Å². The van der Waals surface area contributed by atoms with Crippen molar-refractivity contribution in [1.82, 2.24) is 14.3 Å². The number of thiazole rings is 1. The molecule has 4 nitrogen and oxygen atoms in total. The van der Waals surface area contributed by atoms with E-state index in [1.54, 1.807) is 12.2 Å². The number of likely N-dealkylation sites (tertiary alicyclic amines) is 1. The highest BCUT2D eigenvalue weighted by Gasteiger charge is 2.21. The maximum absolute atomic E-state index is 12.3. The molecule has 0 bridgehead atoms. The van der Waals surface area contributed by atoms with E-state index in [9.17, 15) is 4.79 Å². The molecule has 0 aliphatic carbocycles. The zero-order valence-electron chi connectivity index (χ0n) is 11.3. The molecule has 1 saturated heterocycles. The highest BCUT2D eigenvalue weighted by Crippen LogP contribution is 2.23. The monoisotopic (exact) mass is 309 g/mol. The first-order valence-electron chi connectivity index (χ1n) is 6.76. The van der Waals surface area contributed by atoms with Crippen molar-refractivity contribution in [3.05, 3.63) is 28.5 Å². The Balaban J connectivity index is 1.81. The van der Waals surface area contributed by atoms with Crippen molar-refractivity contribution in [2.45, 2.75) is 32.2 Å². The van der Waals surface area contributed by atoms with Crippen molar-refractivity contribution < 1.29 is 4.79 Å². The molecular weight excluding hydrogens is 294 g/mol. The number of fused-ring (bicyclic) bond motifs is 1. The maximum atomic E-state index is 12.3. The number of carbonyl (C=O) groups is 1. The van der Waals surface area contributed by atoms with Gasteiger partial charge >= 0.3 is 0 Å². The van der Waals surface area contributed by atoms with Crippen LogP contribution in [0.25, 0.3) is 11.0 Å². The van der Waals surface area contributed by atoms with Crippen LogP contribution in [0, 0.1) is 0 Å². The summed E-state index contributed by atoms with van der Waals surface area (Å²) in [5, 5.41) is 2.39. The molecule has 1 aliphatic heterocycles. The summed E-state index contributed by atoms with van der Waals surface area (Å²) in [6, 6.07) is 0.322. The van der Waals surface area contributed by atoms with Gasteiger partial charge in [-0.1, -0.05) is 11.6 Å². The zero-order chi connectivity index (χ0) is 14.1. The van der Waals surface area contributed by atoms with Crippen molar-refractivity contribution >= 4 is 39.9 Å². The van der Waals surface area contributed by atoms with Crippen LogP contribution < -0.4 is 0 Å². The van der Waals surface area contributed by atoms with Crippen LogP contribution in [0.2, 0.25) is 5.15 Å². The summed E-state index contributed by atoms with van der Waals surface area (Å²) < 4.78 is 1.90. The molecular formula is C14H16ClN3OS. The second kappa shape index (κ2) is 5.58. The Kier molecular flexibility index (Phi) is 3.81. The summed E-state index contributed by atoms with van der Waals surface area (Å²) >= 11 is 7.63. The minimum atomic E-state index is 0.0541. The lowest BCUT2D eigenvalue weighted by Crippen LogP contribution is -2.41. The Labute approximate surface area is 126 Å². The van der Waals surface area contributed by atoms with Gasteiger partial charge in [0, 0.05) is 30.2 Å². The van der Waals surface area contributed by atoms with E-state index in [2.05, 4.69) is 11.9 Å². The SMILES string of the molecule is CC1CCCCN1C(=O)/C=C/c1c(Cl)nc2sccn12. The fourth-order valence-electron chi connectivity index (χ4n) is 2.60. The number of nitrogens with zero attached hydrogens (tertiary/aromatic N) is 3. The molecule has 3 heterocycles. The minimum Gasteiger partial charge on any atom is -0.336 e. The largest absolute Gasteiger partial charge is 0.336 e. The average molecular weight is 310 g/mol. The predicted molar refractivity (Wildman–Crippen MR) is 82.1 cm³/mol. The topological polar surface area (TPSA) is 37.6 Å². The minimum absolute atomic E-state index is 0.0541. The van der Waals surface area contributed by atoms with E-state index in [1.807, 2.05) is 20.9 Å². The van der Waals surface area contributed by atoms with Gasteiger partial charge in [0.25, 0.3) is 0 Å². The Morgan fingerprint density at radius 3 is 3.20 bits per heavy atom.